The zero-order chi connectivity index (χ0) is 19.3. The predicted molar refractivity (Wildman–Crippen MR) is 100 cm³/mol. The molecule has 4 rings (SSSR count). The van der Waals surface area contributed by atoms with Gasteiger partial charge in [-0.25, -0.2) is 0 Å². The number of rotatable bonds is 3. The van der Waals surface area contributed by atoms with Crippen LogP contribution in [-0.4, -0.2) is 37.0 Å². The summed E-state index contributed by atoms with van der Waals surface area (Å²) >= 11 is 0. The van der Waals surface area contributed by atoms with E-state index in [1.807, 2.05) is 30.0 Å². The van der Waals surface area contributed by atoms with Crippen LogP contribution < -0.4 is 0 Å². The second kappa shape index (κ2) is 6.22. The van der Waals surface area contributed by atoms with Crippen molar-refractivity contribution >= 4 is 22.5 Å². The van der Waals surface area contributed by atoms with Crippen LogP contribution in [0.1, 0.15) is 35.6 Å². The third kappa shape index (κ3) is 2.68. The Balaban J connectivity index is 1.60. The molecule has 0 unspecified atom stereocenters. The first kappa shape index (κ1) is 17.3. The lowest BCUT2D eigenvalue weighted by Gasteiger charge is -2.33. The van der Waals surface area contributed by atoms with E-state index < -0.39 is 4.92 Å². The van der Waals surface area contributed by atoms with Gasteiger partial charge in [-0.2, -0.15) is 5.10 Å². The van der Waals surface area contributed by atoms with Crippen molar-refractivity contribution in [2.75, 3.05) is 6.54 Å². The number of hydrogen-bond donors (Lipinski definition) is 1. The normalized spacial score (nSPS) is 16.6. The standard InChI is InChI=1S/C19H21N5O3/c1-11-19(24(26)27)13(3)23(21-11)10-17(25)22-9-8-15-14-6-4-5-7-16(14)20-18(15)12(22)2/h4-7,12,20H,8-10H2,1-3H3/t12-/m0/s1. The molecule has 1 aliphatic rings. The number of nitrogens with zero attached hydrogens (tertiary/aromatic N) is 4. The number of amides is 1. The molecule has 1 aromatic carbocycles. The smallest absolute Gasteiger partial charge is 0.312 e. The van der Waals surface area contributed by atoms with E-state index in [0.717, 1.165) is 17.6 Å². The monoisotopic (exact) mass is 367 g/mol. The molecule has 0 saturated heterocycles. The van der Waals surface area contributed by atoms with Gasteiger partial charge in [-0.3, -0.25) is 19.6 Å². The number of nitro groups is 1. The second-order valence-corrected chi connectivity index (χ2v) is 7.01. The van der Waals surface area contributed by atoms with Crippen molar-refractivity contribution < 1.29 is 9.72 Å². The Morgan fingerprint density at radius 2 is 2.11 bits per heavy atom. The third-order valence-electron chi connectivity index (χ3n) is 5.47. The summed E-state index contributed by atoms with van der Waals surface area (Å²) in [4.78, 5) is 28.9. The first-order chi connectivity index (χ1) is 12.9. The average Bonchev–Trinajstić information content (AvgIpc) is 3.13. The first-order valence-electron chi connectivity index (χ1n) is 8.95. The number of aryl methyl sites for hydroxylation is 1. The maximum absolute atomic E-state index is 12.9. The summed E-state index contributed by atoms with van der Waals surface area (Å²) in [5.41, 5.74) is 4.13. The summed E-state index contributed by atoms with van der Waals surface area (Å²) in [5.74, 6) is -0.0905. The van der Waals surface area contributed by atoms with Crippen molar-refractivity contribution in [2.24, 2.45) is 0 Å². The Hall–Kier alpha value is -3.16. The molecule has 3 heterocycles. The average molecular weight is 367 g/mol. The summed E-state index contributed by atoms with van der Waals surface area (Å²) in [6.45, 7) is 5.85. The van der Waals surface area contributed by atoms with Gasteiger partial charge in [0.1, 0.15) is 17.9 Å². The highest BCUT2D eigenvalue weighted by Gasteiger charge is 2.31. The molecular formula is C19H21N5O3. The topological polar surface area (TPSA) is 97.1 Å². The molecule has 1 N–H and O–H groups in total. The van der Waals surface area contributed by atoms with Crippen molar-refractivity contribution in [3.8, 4) is 0 Å². The van der Waals surface area contributed by atoms with E-state index in [2.05, 4.69) is 16.1 Å². The number of fused-ring (bicyclic) bond motifs is 3. The van der Waals surface area contributed by atoms with Gasteiger partial charge in [0.2, 0.25) is 5.91 Å². The number of H-pyrrole nitrogens is 1. The van der Waals surface area contributed by atoms with Crippen molar-refractivity contribution in [3.63, 3.8) is 0 Å². The van der Waals surface area contributed by atoms with E-state index in [0.29, 0.717) is 17.9 Å². The Morgan fingerprint density at radius 3 is 2.81 bits per heavy atom. The number of para-hydroxylation sites is 1. The molecule has 1 aliphatic heterocycles. The molecule has 0 bridgehead atoms. The largest absolute Gasteiger partial charge is 0.356 e. The molecule has 3 aromatic rings. The molecule has 8 heteroatoms. The molecule has 0 saturated carbocycles. The van der Waals surface area contributed by atoms with E-state index in [-0.39, 0.29) is 24.2 Å². The third-order valence-corrected chi connectivity index (χ3v) is 5.47. The summed E-state index contributed by atoms with van der Waals surface area (Å²) in [5, 5.41) is 16.6. The van der Waals surface area contributed by atoms with Crippen LogP contribution in [0, 0.1) is 24.0 Å². The van der Waals surface area contributed by atoms with Crippen molar-refractivity contribution in [3.05, 3.63) is 57.0 Å². The van der Waals surface area contributed by atoms with Crippen LogP contribution in [-0.2, 0) is 17.8 Å². The predicted octanol–water partition coefficient (Wildman–Crippen LogP) is 3.04. The van der Waals surface area contributed by atoms with Gasteiger partial charge < -0.3 is 9.88 Å². The summed E-state index contributed by atoms with van der Waals surface area (Å²) in [6, 6.07) is 8.08. The van der Waals surface area contributed by atoms with Gasteiger partial charge in [0, 0.05) is 23.1 Å². The van der Waals surface area contributed by atoms with E-state index in [9.17, 15) is 14.9 Å². The van der Waals surface area contributed by atoms with Gasteiger partial charge in [0.05, 0.1) is 11.0 Å². The first-order valence-corrected chi connectivity index (χ1v) is 8.95. The Bertz CT molecular complexity index is 1060. The fourth-order valence-corrected chi connectivity index (χ4v) is 4.09. The summed E-state index contributed by atoms with van der Waals surface area (Å²) in [7, 11) is 0. The maximum atomic E-state index is 12.9. The molecule has 2 aromatic heterocycles. The highest BCUT2D eigenvalue weighted by Crippen LogP contribution is 2.34. The van der Waals surface area contributed by atoms with Crippen LogP contribution in [0.5, 0.6) is 0 Å². The van der Waals surface area contributed by atoms with Crippen molar-refractivity contribution in [1.82, 2.24) is 19.7 Å². The zero-order valence-electron chi connectivity index (χ0n) is 15.5. The molecule has 8 nitrogen and oxygen atoms in total. The Labute approximate surface area is 155 Å². The van der Waals surface area contributed by atoms with Crippen LogP contribution in [0.2, 0.25) is 0 Å². The number of nitrogens with one attached hydrogen (secondary N) is 1. The Kier molecular flexibility index (Phi) is 3.98. The molecule has 0 fully saturated rings. The number of aromatic amines is 1. The lowest BCUT2D eigenvalue weighted by molar-refractivity contribution is -0.386. The molecule has 27 heavy (non-hydrogen) atoms. The maximum Gasteiger partial charge on any atom is 0.312 e. The molecule has 0 spiro atoms. The Morgan fingerprint density at radius 1 is 1.37 bits per heavy atom. The molecule has 0 aliphatic carbocycles. The van der Waals surface area contributed by atoms with Gasteiger partial charge in [-0.05, 0) is 38.8 Å². The number of carbonyl (C=O) groups excluding carboxylic acids is 1. The molecule has 1 amide bonds. The number of benzene rings is 1. The SMILES string of the molecule is Cc1nn(CC(=O)N2CCc3c([nH]c4ccccc34)[C@@H]2C)c(C)c1[N+](=O)[O-]. The van der Waals surface area contributed by atoms with Crippen LogP contribution >= 0.6 is 0 Å². The van der Waals surface area contributed by atoms with Gasteiger partial charge in [0.15, 0.2) is 0 Å². The lowest BCUT2D eigenvalue weighted by Crippen LogP contribution is -2.40. The number of aromatic nitrogens is 3. The molecule has 0 radical (unpaired) electrons. The van der Waals surface area contributed by atoms with Gasteiger partial charge in [-0.15, -0.1) is 0 Å². The molecule has 140 valence electrons. The quantitative estimate of drug-likeness (QED) is 0.568. The highest BCUT2D eigenvalue weighted by molar-refractivity contribution is 5.86. The summed E-state index contributed by atoms with van der Waals surface area (Å²) in [6.07, 6.45) is 0.784. The van der Waals surface area contributed by atoms with Crippen molar-refractivity contribution in [2.45, 2.75) is 39.8 Å². The van der Waals surface area contributed by atoms with Gasteiger partial charge in [-0.1, -0.05) is 18.2 Å². The fourth-order valence-electron chi connectivity index (χ4n) is 4.09. The van der Waals surface area contributed by atoms with E-state index in [4.69, 9.17) is 0 Å². The highest BCUT2D eigenvalue weighted by atomic mass is 16.6. The lowest BCUT2D eigenvalue weighted by atomic mass is 9.98. The molecule has 1 atom stereocenters. The summed E-state index contributed by atoms with van der Waals surface area (Å²) < 4.78 is 1.43. The van der Waals surface area contributed by atoms with Crippen LogP contribution in [0.25, 0.3) is 10.9 Å². The minimum atomic E-state index is -0.446. The van der Waals surface area contributed by atoms with Gasteiger partial charge in [0.25, 0.3) is 0 Å². The van der Waals surface area contributed by atoms with E-state index >= 15 is 0 Å². The number of hydrogen-bond acceptors (Lipinski definition) is 4. The van der Waals surface area contributed by atoms with E-state index in [1.165, 1.54) is 15.6 Å². The minimum Gasteiger partial charge on any atom is -0.356 e. The van der Waals surface area contributed by atoms with Crippen molar-refractivity contribution in [1.29, 1.82) is 0 Å². The van der Waals surface area contributed by atoms with E-state index in [1.54, 1.807) is 13.8 Å². The van der Waals surface area contributed by atoms with Crippen LogP contribution in [0.15, 0.2) is 24.3 Å². The second-order valence-electron chi connectivity index (χ2n) is 7.01. The zero-order valence-corrected chi connectivity index (χ0v) is 15.5. The van der Waals surface area contributed by atoms with Crippen LogP contribution in [0.3, 0.4) is 0 Å². The minimum absolute atomic E-state index is 0.000412. The fraction of sp³-hybridized carbons (Fsp3) is 0.368. The number of carbonyl (C=O) groups is 1. The molecular weight excluding hydrogens is 346 g/mol. The van der Waals surface area contributed by atoms with Crippen LogP contribution in [0.4, 0.5) is 5.69 Å². The van der Waals surface area contributed by atoms with Gasteiger partial charge >= 0.3 is 5.69 Å².